The van der Waals surface area contributed by atoms with Crippen molar-refractivity contribution >= 4 is 45.7 Å². The van der Waals surface area contributed by atoms with Crippen LogP contribution in [0, 0.1) is 5.82 Å². The fourth-order valence-corrected chi connectivity index (χ4v) is 3.46. The van der Waals surface area contributed by atoms with Crippen LogP contribution in [0.15, 0.2) is 59.7 Å². The van der Waals surface area contributed by atoms with Crippen LogP contribution in [0.5, 0.6) is 5.75 Å². The van der Waals surface area contributed by atoms with E-state index in [1.54, 1.807) is 30.3 Å². The highest BCUT2D eigenvalue weighted by molar-refractivity contribution is 6.36. The van der Waals surface area contributed by atoms with Crippen LogP contribution in [-0.2, 0) is 6.54 Å². The lowest BCUT2D eigenvalue weighted by Gasteiger charge is -2.11. The number of nitrogens with zero attached hydrogens (tertiary/aromatic N) is 3. The van der Waals surface area contributed by atoms with E-state index in [4.69, 9.17) is 23.2 Å². The van der Waals surface area contributed by atoms with Gasteiger partial charge < -0.3 is 10.4 Å². The van der Waals surface area contributed by atoms with Crippen molar-refractivity contribution in [3.63, 3.8) is 0 Å². The third kappa shape index (κ3) is 4.21. The molecule has 31 heavy (non-hydrogen) atoms. The zero-order valence-electron chi connectivity index (χ0n) is 15.6. The van der Waals surface area contributed by atoms with E-state index in [1.807, 2.05) is 0 Å². The number of aromatic hydroxyl groups is 1. The summed E-state index contributed by atoms with van der Waals surface area (Å²) in [6.45, 7) is 0.104. The van der Waals surface area contributed by atoms with E-state index in [2.05, 4.69) is 15.3 Å². The summed E-state index contributed by atoms with van der Waals surface area (Å²) in [7, 11) is 0. The van der Waals surface area contributed by atoms with Crippen molar-refractivity contribution in [2.75, 3.05) is 5.32 Å². The van der Waals surface area contributed by atoms with E-state index >= 15 is 0 Å². The maximum Gasteiger partial charge on any atom is 0.274 e. The summed E-state index contributed by atoms with van der Waals surface area (Å²) in [6.07, 6.45) is 1.36. The molecule has 2 N–H and O–H groups in total. The molecule has 0 aliphatic carbocycles. The molecule has 156 valence electrons. The van der Waals surface area contributed by atoms with Crippen molar-refractivity contribution in [2.24, 2.45) is 0 Å². The Morgan fingerprint density at radius 3 is 2.68 bits per heavy atom. The Morgan fingerprint density at radius 1 is 1.16 bits per heavy atom. The SMILES string of the molecule is O=C(Nc1cccc2ncn(Cc3cccc(F)c3)c(=O)c12)c1cc(Cl)c(O)c(Cl)n1. The highest BCUT2D eigenvalue weighted by Crippen LogP contribution is 2.30. The van der Waals surface area contributed by atoms with Gasteiger partial charge in [0.25, 0.3) is 11.5 Å². The van der Waals surface area contributed by atoms with Crippen molar-refractivity contribution in [3.8, 4) is 5.75 Å². The lowest BCUT2D eigenvalue weighted by molar-refractivity contribution is 0.102. The van der Waals surface area contributed by atoms with Crippen molar-refractivity contribution < 1.29 is 14.3 Å². The summed E-state index contributed by atoms with van der Waals surface area (Å²) in [6, 6.07) is 11.8. The van der Waals surface area contributed by atoms with Gasteiger partial charge in [0.1, 0.15) is 11.5 Å². The lowest BCUT2D eigenvalue weighted by Crippen LogP contribution is -2.23. The van der Waals surface area contributed by atoms with Crippen molar-refractivity contribution in [1.82, 2.24) is 14.5 Å². The Hall–Kier alpha value is -3.49. The molecule has 4 aromatic rings. The van der Waals surface area contributed by atoms with E-state index in [-0.39, 0.29) is 33.5 Å². The van der Waals surface area contributed by atoms with Gasteiger partial charge in [-0.05, 0) is 35.9 Å². The van der Waals surface area contributed by atoms with Crippen LogP contribution in [0.3, 0.4) is 0 Å². The third-order valence-corrected chi connectivity index (χ3v) is 5.03. The molecule has 2 aromatic carbocycles. The summed E-state index contributed by atoms with van der Waals surface area (Å²) in [4.78, 5) is 33.8. The first-order valence-electron chi connectivity index (χ1n) is 8.92. The van der Waals surface area contributed by atoms with E-state index < -0.39 is 23.0 Å². The zero-order valence-corrected chi connectivity index (χ0v) is 17.2. The quantitative estimate of drug-likeness (QED) is 0.445. The van der Waals surface area contributed by atoms with Gasteiger partial charge in [-0.3, -0.25) is 14.2 Å². The fraction of sp³-hybridized carbons (Fsp3) is 0.0476. The van der Waals surface area contributed by atoms with Gasteiger partial charge in [0.15, 0.2) is 10.9 Å². The first-order chi connectivity index (χ1) is 14.8. The monoisotopic (exact) mass is 458 g/mol. The molecule has 0 atom stereocenters. The Labute approximate surface area is 184 Å². The van der Waals surface area contributed by atoms with Gasteiger partial charge in [0.05, 0.1) is 34.5 Å². The van der Waals surface area contributed by atoms with E-state index in [9.17, 15) is 19.1 Å². The van der Waals surface area contributed by atoms with Crippen LogP contribution in [0.2, 0.25) is 10.2 Å². The van der Waals surface area contributed by atoms with Gasteiger partial charge in [-0.2, -0.15) is 0 Å². The van der Waals surface area contributed by atoms with Gasteiger partial charge in [-0.1, -0.05) is 41.4 Å². The number of pyridine rings is 1. The standard InChI is InChI=1S/C21H13Cl2FN4O3/c22-13-8-16(26-19(23)18(13)29)20(30)27-15-6-2-5-14-17(15)21(31)28(10-25-14)9-11-3-1-4-12(24)7-11/h1-8,10,29H,9H2,(H,27,30). The summed E-state index contributed by atoms with van der Waals surface area (Å²) >= 11 is 11.6. The number of nitrogens with one attached hydrogen (secondary N) is 1. The molecule has 0 saturated carbocycles. The largest absolute Gasteiger partial charge is 0.504 e. The van der Waals surface area contributed by atoms with Gasteiger partial charge in [0.2, 0.25) is 0 Å². The Kier molecular flexibility index (Phi) is 5.58. The first-order valence-corrected chi connectivity index (χ1v) is 9.68. The Balaban J connectivity index is 1.73. The maximum absolute atomic E-state index is 13.5. The molecule has 4 rings (SSSR count). The molecule has 0 fully saturated rings. The number of amides is 1. The molecular formula is C21H13Cl2FN4O3. The predicted molar refractivity (Wildman–Crippen MR) is 115 cm³/mol. The number of hydrogen-bond donors (Lipinski definition) is 2. The number of rotatable bonds is 4. The fourth-order valence-electron chi connectivity index (χ4n) is 3.03. The van der Waals surface area contributed by atoms with Gasteiger partial charge in [-0.15, -0.1) is 0 Å². The second-order valence-corrected chi connectivity index (χ2v) is 7.36. The maximum atomic E-state index is 13.5. The summed E-state index contributed by atoms with van der Waals surface area (Å²) in [5.74, 6) is -1.53. The molecule has 0 unspecified atom stereocenters. The molecule has 1 amide bonds. The number of aromatic nitrogens is 3. The van der Waals surface area contributed by atoms with E-state index in [0.29, 0.717) is 11.1 Å². The molecule has 0 spiro atoms. The second kappa shape index (κ2) is 8.33. The number of halogens is 3. The second-order valence-electron chi connectivity index (χ2n) is 6.59. The van der Waals surface area contributed by atoms with Gasteiger partial charge in [0, 0.05) is 0 Å². The van der Waals surface area contributed by atoms with Crippen LogP contribution in [-0.4, -0.2) is 25.5 Å². The number of anilines is 1. The Bertz CT molecular complexity index is 1370. The Morgan fingerprint density at radius 2 is 1.94 bits per heavy atom. The molecule has 0 saturated heterocycles. The zero-order chi connectivity index (χ0) is 22.1. The first kappa shape index (κ1) is 20.8. The average Bonchev–Trinajstić information content (AvgIpc) is 2.73. The van der Waals surface area contributed by atoms with Crippen LogP contribution < -0.4 is 10.9 Å². The minimum absolute atomic E-state index is 0.104. The normalized spacial score (nSPS) is 10.9. The topological polar surface area (TPSA) is 97.1 Å². The van der Waals surface area contributed by atoms with Crippen LogP contribution in [0.4, 0.5) is 10.1 Å². The number of fused-ring (bicyclic) bond motifs is 1. The number of carbonyl (C=O) groups is 1. The number of benzene rings is 2. The average molecular weight is 459 g/mol. The molecular weight excluding hydrogens is 446 g/mol. The third-order valence-electron chi connectivity index (χ3n) is 4.48. The summed E-state index contributed by atoms with van der Waals surface area (Å²) < 4.78 is 14.8. The van der Waals surface area contributed by atoms with Crippen molar-refractivity contribution in [3.05, 3.63) is 92.5 Å². The highest BCUT2D eigenvalue weighted by Gasteiger charge is 2.17. The molecule has 2 heterocycles. The minimum Gasteiger partial charge on any atom is -0.504 e. The highest BCUT2D eigenvalue weighted by atomic mass is 35.5. The van der Waals surface area contributed by atoms with Gasteiger partial charge in [-0.25, -0.2) is 14.4 Å². The summed E-state index contributed by atoms with van der Waals surface area (Å²) in [5, 5.41) is 11.9. The molecule has 7 nitrogen and oxygen atoms in total. The van der Waals surface area contributed by atoms with Gasteiger partial charge >= 0.3 is 0 Å². The molecule has 0 radical (unpaired) electrons. The van der Waals surface area contributed by atoms with Crippen molar-refractivity contribution in [1.29, 1.82) is 0 Å². The van der Waals surface area contributed by atoms with Crippen LogP contribution in [0.25, 0.3) is 10.9 Å². The van der Waals surface area contributed by atoms with Crippen molar-refractivity contribution in [2.45, 2.75) is 6.54 Å². The molecule has 0 bridgehead atoms. The summed E-state index contributed by atoms with van der Waals surface area (Å²) in [5.41, 5.74) is 0.597. The molecule has 0 aliphatic rings. The molecule has 10 heteroatoms. The van der Waals surface area contributed by atoms with E-state index in [0.717, 1.165) is 6.07 Å². The lowest BCUT2D eigenvalue weighted by atomic mass is 10.2. The molecule has 2 aromatic heterocycles. The smallest absolute Gasteiger partial charge is 0.274 e. The molecule has 0 aliphatic heterocycles. The predicted octanol–water partition coefficient (Wildman–Crippen LogP) is 4.24. The van der Waals surface area contributed by atoms with Crippen LogP contribution in [0.1, 0.15) is 16.1 Å². The number of hydrogen-bond acceptors (Lipinski definition) is 5. The van der Waals surface area contributed by atoms with Crippen LogP contribution >= 0.6 is 23.2 Å². The number of carbonyl (C=O) groups excluding carboxylic acids is 1. The van der Waals surface area contributed by atoms with E-state index in [1.165, 1.54) is 23.0 Å². The minimum atomic E-state index is -0.684.